The van der Waals surface area contributed by atoms with E-state index in [1.54, 1.807) is 0 Å². The maximum Gasteiger partial charge on any atom is 0.140 e. The first-order valence-corrected chi connectivity index (χ1v) is 7.51. The van der Waals surface area contributed by atoms with Crippen LogP contribution in [0.1, 0.15) is 13.3 Å². The highest BCUT2D eigenvalue weighted by atomic mass is 35.5. The predicted octanol–water partition coefficient (Wildman–Crippen LogP) is 2.28. The Morgan fingerprint density at radius 3 is 2.67 bits per heavy atom. The molecule has 4 heteroatoms. The monoisotopic (exact) mass is 299 g/mol. The lowest BCUT2D eigenvalue weighted by Gasteiger charge is -2.33. The van der Waals surface area contributed by atoms with Gasteiger partial charge in [-0.05, 0) is 30.7 Å². The van der Waals surface area contributed by atoms with Crippen molar-refractivity contribution in [3.63, 3.8) is 0 Å². The zero-order valence-corrected chi connectivity index (χ0v) is 12.7. The van der Waals surface area contributed by atoms with Gasteiger partial charge in [-0.2, -0.15) is 0 Å². The molecule has 0 aromatic heterocycles. The van der Waals surface area contributed by atoms with Gasteiger partial charge in [-0.1, -0.05) is 42.8 Å². The fourth-order valence-corrected chi connectivity index (χ4v) is 2.74. The molecule has 2 N–H and O–H groups in total. The molecule has 2 atom stereocenters. The highest BCUT2D eigenvalue weighted by molar-refractivity contribution is 6.30. The molecule has 0 amide bonds. The molecule has 2 aromatic carbocycles. The molecule has 0 saturated heterocycles. The van der Waals surface area contributed by atoms with E-state index in [-0.39, 0.29) is 12.2 Å². The van der Waals surface area contributed by atoms with Gasteiger partial charge in [-0.3, -0.25) is 4.99 Å². The fourth-order valence-electron chi connectivity index (χ4n) is 2.53. The Morgan fingerprint density at radius 1 is 1.19 bits per heavy atom. The van der Waals surface area contributed by atoms with Crippen LogP contribution in [0.25, 0.3) is 6.20 Å². The average Bonchev–Trinajstić information content (AvgIpc) is 2.54. The van der Waals surface area contributed by atoms with Gasteiger partial charge in [-0.15, -0.1) is 0 Å². The normalized spacial score (nSPS) is 18.4. The molecule has 0 spiro atoms. The second kappa shape index (κ2) is 5.88. The van der Waals surface area contributed by atoms with Crippen LogP contribution in [0.2, 0.25) is 5.02 Å². The minimum atomic E-state index is -0.108. The van der Waals surface area contributed by atoms with Crippen LogP contribution in [0.4, 0.5) is 5.69 Å². The molecule has 1 unspecified atom stereocenters. The van der Waals surface area contributed by atoms with Gasteiger partial charge in [0.2, 0.25) is 0 Å². The molecule has 3 rings (SSSR count). The number of hydrogen-bond donors (Lipinski definition) is 1. The Bertz CT molecular complexity index is 742. The van der Waals surface area contributed by atoms with E-state index >= 15 is 0 Å². The van der Waals surface area contributed by atoms with E-state index < -0.39 is 0 Å². The van der Waals surface area contributed by atoms with Crippen LogP contribution in [0.15, 0.2) is 53.5 Å². The summed E-state index contributed by atoms with van der Waals surface area (Å²) >= 11 is 6.31. The molecule has 1 aliphatic heterocycles. The van der Waals surface area contributed by atoms with Crippen molar-refractivity contribution >= 4 is 23.5 Å². The van der Waals surface area contributed by atoms with E-state index in [0.29, 0.717) is 5.02 Å². The summed E-state index contributed by atoms with van der Waals surface area (Å²) in [5, 5.41) is 2.56. The lowest BCUT2D eigenvalue weighted by atomic mass is 10.1. The molecule has 0 saturated carbocycles. The van der Waals surface area contributed by atoms with Gasteiger partial charge in [-0.25, -0.2) is 0 Å². The fraction of sp³-hybridized carbons (Fsp3) is 0.235. The minimum absolute atomic E-state index is 0.0337. The molecule has 1 heterocycles. The number of nitrogens with two attached hydrogens (primary N) is 1. The largest absolute Gasteiger partial charge is 0.324 e. The van der Waals surface area contributed by atoms with Crippen LogP contribution < -0.4 is 21.2 Å². The van der Waals surface area contributed by atoms with Crippen LogP contribution in [-0.2, 0) is 0 Å². The molecule has 0 fully saturated rings. The third kappa shape index (κ3) is 2.67. The van der Waals surface area contributed by atoms with Crippen LogP contribution in [0.5, 0.6) is 0 Å². The summed E-state index contributed by atoms with van der Waals surface area (Å²) in [7, 11) is 0. The van der Waals surface area contributed by atoms with Crippen LogP contribution in [-0.4, -0.2) is 12.2 Å². The second-order valence-electron chi connectivity index (χ2n) is 5.16. The summed E-state index contributed by atoms with van der Waals surface area (Å²) < 4.78 is 0. The van der Waals surface area contributed by atoms with Crippen LogP contribution >= 0.6 is 11.6 Å². The third-order valence-corrected chi connectivity index (χ3v) is 4.09. The van der Waals surface area contributed by atoms with Gasteiger partial charge in [0.1, 0.15) is 6.17 Å². The second-order valence-corrected chi connectivity index (χ2v) is 5.57. The molecule has 0 bridgehead atoms. The molecule has 3 nitrogen and oxygen atoms in total. The number of hydrogen-bond acceptors (Lipinski definition) is 3. The van der Waals surface area contributed by atoms with Crippen LogP contribution in [0, 0.1) is 0 Å². The first-order chi connectivity index (χ1) is 10.2. The number of rotatable bonds is 3. The molecule has 2 aromatic rings. The van der Waals surface area contributed by atoms with Gasteiger partial charge >= 0.3 is 0 Å². The zero-order valence-electron chi connectivity index (χ0n) is 11.9. The molecule has 0 aliphatic carbocycles. The van der Waals surface area contributed by atoms with Gasteiger partial charge in [0.25, 0.3) is 0 Å². The number of benzene rings is 2. The molecule has 21 heavy (non-hydrogen) atoms. The highest BCUT2D eigenvalue weighted by Crippen LogP contribution is 2.21. The van der Waals surface area contributed by atoms with E-state index in [0.717, 1.165) is 22.7 Å². The number of nitrogens with zero attached hydrogens (tertiary/aromatic N) is 2. The van der Waals surface area contributed by atoms with Crippen molar-refractivity contribution in [2.24, 2.45) is 10.7 Å². The number of anilines is 1. The Hall–Kier alpha value is -1.84. The standard InChI is InChI=1S/C17H18ClN3/c1-2-15(19)17-20-16-10-6-9-14(18)13(16)11-21(17)12-7-4-3-5-8-12/h3-11,15,17H,2,19H2,1H3/t15?,17-/m1/s1. The van der Waals surface area contributed by atoms with Crippen molar-refractivity contribution in [1.82, 2.24) is 0 Å². The van der Waals surface area contributed by atoms with Crippen LogP contribution in [0.3, 0.4) is 0 Å². The van der Waals surface area contributed by atoms with Gasteiger partial charge in [0.15, 0.2) is 0 Å². The smallest absolute Gasteiger partial charge is 0.140 e. The Morgan fingerprint density at radius 2 is 1.95 bits per heavy atom. The lowest BCUT2D eigenvalue weighted by molar-refractivity contribution is 0.511. The summed E-state index contributed by atoms with van der Waals surface area (Å²) in [5.74, 6) is 0. The summed E-state index contributed by atoms with van der Waals surface area (Å²) in [4.78, 5) is 6.93. The van der Waals surface area contributed by atoms with E-state index in [1.807, 2.05) is 36.4 Å². The van der Waals surface area contributed by atoms with Crippen molar-refractivity contribution in [1.29, 1.82) is 0 Å². The van der Waals surface area contributed by atoms with E-state index in [2.05, 4.69) is 30.2 Å². The van der Waals surface area contributed by atoms with Crippen molar-refractivity contribution in [2.75, 3.05) is 4.90 Å². The Kier molecular flexibility index (Phi) is 3.95. The quantitative estimate of drug-likeness (QED) is 0.945. The van der Waals surface area contributed by atoms with Gasteiger partial charge in [0, 0.05) is 23.1 Å². The summed E-state index contributed by atoms with van der Waals surface area (Å²) in [6.45, 7) is 2.08. The van der Waals surface area contributed by atoms with E-state index in [9.17, 15) is 0 Å². The van der Waals surface area contributed by atoms with Gasteiger partial charge in [0.05, 0.1) is 10.4 Å². The molecule has 108 valence electrons. The number of fused-ring (bicyclic) bond motifs is 1. The SMILES string of the molecule is CCC(N)[C@@H]1N=c2cccc(Cl)c2=CN1c1ccccc1. The van der Waals surface area contributed by atoms with Crippen molar-refractivity contribution < 1.29 is 0 Å². The molecular weight excluding hydrogens is 282 g/mol. The highest BCUT2D eigenvalue weighted by Gasteiger charge is 2.24. The van der Waals surface area contributed by atoms with E-state index in [1.165, 1.54) is 0 Å². The predicted molar refractivity (Wildman–Crippen MR) is 87.7 cm³/mol. The zero-order chi connectivity index (χ0) is 14.8. The average molecular weight is 300 g/mol. The minimum Gasteiger partial charge on any atom is -0.324 e. The summed E-state index contributed by atoms with van der Waals surface area (Å²) in [6.07, 6.45) is 2.81. The maximum atomic E-state index is 6.31. The first kappa shape index (κ1) is 14.1. The molecular formula is C17H18ClN3. The number of halogens is 1. The van der Waals surface area contributed by atoms with Gasteiger partial charge < -0.3 is 10.6 Å². The third-order valence-electron chi connectivity index (χ3n) is 3.76. The number of para-hydroxylation sites is 1. The Balaban J connectivity index is 2.18. The molecule has 1 aliphatic rings. The van der Waals surface area contributed by atoms with Crippen molar-refractivity contribution in [3.8, 4) is 0 Å². The topological polar surface area (TPSA) is 41.6 Å². The maximum absolute atomic E-state index is 6.31. The molecule has 0 radical (unpaired) electrons. The first-order valence-electron chi connectivity index (χ1n) is 7.14. The van der Waals surface area contributed by atoms with Crippen molar-refractivity contribution in [3.05, 3.63) is 64.1 Å². The van der Waals surface area contributed by atoms with E-state index in [4.69, 9.17) is 22.3 Å². The lowest BCUT2D eigenvalue weighted by Crippen LogP contribution is -2.50. The summed E-state index contributed by atoms with van der Waals surface area (Å²) in [5.41, 5.74) is 7.35. The summed E-state index contributed by atoms with van der Waals surface area (Å²) in [6, 6.07) is 15.9. The Labute approximate surface area is 129 Å². The van der Waals surface area contributed by atoms with Crippen molar-refractivity contribution in [2.45, 2.75) is 25.6 Å².